The minimum atomic E-state index is -0.387. The normalized spacial score (nSPS) is 9.25. The van der Waals surface area contributed by atoms with E-state index in [4.69, 9.17) is 9.47 Å². The van der Waals surface area contributed by atoms with E-state index in [1.807, 2.05) is 0 Å². The largest absolute Gasteiger partial charge is 0.465 e. The first kappa shape index (κ1) is 14.4. The number of esters is 2. The van der Waals surface area contributed by atoms with Crippen LogP contribution in [0, 0.1) is 0 Å². The van der Waals surface area contributed by atoms with Gasteiger partial charge in [0.2, 0.25) is 0 Å². The van der Waals surface area contributed by atoms with Crippen LogP contribution in [0.3, 0.4) is 0 Å². The summed E-state index contributed by atoms with van der Waals surface area (Å²) in [6, 6.07) is 0. The van der Waals surface area contributed by atoms with Crippen molar-refractivity contribution in [1.29, 1.82) is 0 Å². The highest BCUT2D eigenvalue weighted by molar-refractivity contribution is 5.77. The van der Waals surface area contributed by atoms with E-state index >= 15 is 0 Å². The molecule has 0 aromatic heterocycles. The molecule has 0 rings (SSSR count). The van der Waals surface area contributed by atoms with E-state index in [0.717, 1.165) is 0 Å². The van der Waals surface area contributed by atoms with Gasteiger partial charge in [0.25, 0.3) is 0 Å². The average Bonchev–Trinajstić information content (AvgIpc) is 2.27. The first-order valence-electron chi connectivity index (χ1n) is 5.23. The van der Waals surface area contributed by atoms with Crippen LogP contribution >= 0.6 is 0 Å². The maximum atomic E-state index is 11.1. The third kappa shape index (κ3) is 8.99. The van der Waals surface area contributed by atoms with E-state index in [-0.39, 0.29) is 24.8 Å². The highest BCUT2D eigenvalue weighted by atomic mass is 16.5. The van der Waals surface area contributed by atoms with Gasteiger partial charge >= 0.3 is 11.9 Å². The maximum absolute atomic E-state index is 11.1. The SMILES string of the molecule is C=CCCOC(=O)CCC(=O)OCCC=C. The molecule has 0 aromatic carbocycles. The second-order valence-corrected chi connectivity index (χ2v) is 3.10. The summed E-state index contributed by atoms with van der Waals surface area (Å²) < 4.78 is 9.65. The van der Waals surface area contributed by atoms with Gasteiger partial charge in [0.05, 0.1) is 26.1 Å². The predicted molar refractivity (Wildman–Crippen MR) is 60.8 cm³/mol. The van der Waals surface area contributed by atoms with Crippen LogP contribution in [0.15, 0.2) is 25.3 Å². The molecular formula is C12H18O4. The Morgan fingerprint density at radius 3 is 1.56 bits per heavy atom. The Hall–Kier alpha value is -1.58. The van der Waals surface area contributed by atoms with Crippen molar-refractivity contribution < 1.29 is 19.1 Å². The van der Waals surface area contributed by atoms with Gasteiger partial charge in [-0.3, -0.25) is 9.59 Å². The summed E-state index contributed by atoms with van der Waals surface area (Å²) in [5.74, 6) is -0.773. The van der Waals surface area contributed by atoms with Gasteiger partial charge in [-0.2, -0.15) is 0 Å². The molecule has 0 N–H and O–H groups in total. The fourth-order valence-electron chi connectivity index (χ4n) is 0.861. The van der Waals surface area contributed by atoms with E-state index < -0.39 is 0 Å². The highest BCUT2D eigenvalue weighted by Crippen LogP contribution is 1.97. The fraction of sp³-hybridized carbons (Fsp3) is 0.500. The van der Waals surface area contributed by atoms with Crippen LogP contribution in [0.5, 0.6) is 0 Å². The molecular weight excluding hydrogens is 208 g/mol. The van der Waals surface area contributed by atoms with E-state index in [2.05, 4.69) is 13.2 Å². The van der Waals surface area contributed by atoms with Gasteiger partial charge in [-0.25, -0.2) is 0 Å². The van der Waals surface area contributed by atoms with Crippen LogP contribution in [0.4, 0.5) is 0 Å². The topological polar surface area (TPSA) is 52.6 Å². The van der Waals surface area contributed by atoms with Gasteiger partial charge in [0, 0.05) is 0 Å². The zero-order chi connectivity index (χ0) is 12.2. The molecule has 0 amide bonds. The number of hydrogen-bond donors (Lipinski definition) is 0. The van der Waals surface area contributed by atoms with Crippen molar-refractivity contribution in [1.82, 2.24) is 0 Å². The Bertz CT molecular complexity index is 219. The molecule has 0 atom stereocenters. The molecule has 16 heavy (non-hydrogen) atoms. The van der Waals surface area contributed by atoms with E-state index in [1.165, 1.54) is 0 Å². The molecule has 0 bridgehead atoms. The summed E-state index contributed by atoms with van der Waals surface area (Å²) in [6.07, 6.45) is 4.69. The fourth-order valence-corrected chi connectivity index (χ4v) is 0.861. The van der Waals surface area contributed by atoms with Crippen LogP contribution in [-0.2, 0) is 19.1 Å². The van der Waals surface area contributed by atoms with Gasteiger partial charge in [-0.15, -0.1) is 13.2 Å². The van der Waals surface area contributed by atoms with Gasteiger partial charge in [0.15, 0.2) is 0 Å². The van der Waals surface area contributed by atoms with Crippen molar-refractivity contribution in [3.8, 4) is 0 Å². The lowest BCUT2D eigenvalue weighted by Gasteiger charge is -2.03. The second-order valence-electron chi connectivity index (χ2n) is 3.10. The van der Waals surface area contributed by atoms with Crippen molar-refractivity contribution in [2.75, 3.05) is 13.2 Å². The molecule has 0 spiro atoms. The van der Waals surface area contributed by atoms with Crippen molar-refractivity contribution in [3.63, 3.8) is 0 Å². The van der Waals surface area contributed by atoms with Gasteiger partial charge in [-0.05, 0) is 12.8 Å². The number of hydrogen-bond acceptors (Lipinski definition) is 4. The molecule has 0 fully saturated rings. The third-order valence-electron chi connectivity index (χ3n) is 1.70. The molecule has 0 saturated carbocycles. The Kier molecular flexibility index (Phi) is 8.97. The van der Waals surface area contributed by atoms with Crippen LogP contribution in [0.2, 0.25) is 0 Å². The molecule has 4 nitrogen and oxygen atoms in total. The smallest absolute Gasteiger partial charge is 0.306 e. The Labute approximate surface area is 95.9 Å². The van der Waals surface area contributed by atoms with Crippen molar-refractivity contribution in [3.05, 3.63) is 25.3 Å². The first-order valence-corrected chi connectivity index (χ1v) is 5.23. The standard InChI is InChI=1S/C12H18O4/c1-3-5-9-15-11(13)7-8-12(14)16-10-6-4-2/h3-4H,1-2,5-10H2. The lowest BCUT2D eigenvalue weighted by molar-refractivity contribution is -0.150. The van der Waals surface area contributed by atoms with Gasteiger partial charge < -0.3 is 9.47 Å². The Morgan fingerprint density at radius 1 is 0.875 bits per heavy atom. The predicted octanol–water partition coefficient (Wildman–Crippen LogP) is 2.01. The van der Waals surface area contributed by atoms with Gasteiger partial charge in [0.1, 0.15) is 0 Å². The summed E-state index contributed by atoms with van der Waals surface area (Å²) >= 11 is 0. The van der Waals surface area contributed by atoms with Crippen LogP contribution < -0.4 is 0 Å². The number of carbonyl (C=O) groups is 2. The molecule has 0 unspecified atom stereocenters. The molecule has 0 aliphatic rings. The van der Waals surface area contributed by atoms with E-state index in [0.29, 0.717) is 26.1 Å². The molecule has 0 aliphatic heterocycles. The Morgan fingerprint density at radius 2 is 1.25 bits per heavy atom. The quantitative estimate of drug-likeness (QED) is 0.343. The van der Waals surface area contributed by atoms with E-state index in [9.17, 15) is 9.59 Å². The molecule has 0 saturated heterocycles. The second kappa shape index (κ2) is 9.96. The number of ether oxygens (including phenoxy) is 2. The highest BCUT2D eigenvalue weighted by Gasteiger charge is 2.08. The summed E-state index contributed by atoms with van der Waals surface area (Å²) in [6.45, 7) is 7.63. The zero-order valence-corrected chi connectivity index (χ0v) is 9.44. The van der Waals surface area contributed by atoms with Crippen molar-refractivity contribution in [2.24, 2.45) is 0 Å². The Balaban J connectivity index is 3.47. The molecule has 4 heteroatoms. The third-order valence-corrected chi connectivity index (χ3v) is 1.70. The van der Waals surface area contributed by atoms with Crippen molar-refractivity contribution in [2.45, 2.75) is 25.7 Å². The molecule has 0 heterocycles. The monoisotopic (exact) mass is 226 g/mol. The number of carbonyl (C=O) groups excluding carboxylic acids is 2. The molecule has 0 aromatic rings. The van der Waals surface area contributed by atoms with Crippen LogP contribution in [0.25, 0.3) is 0 Å². The average molecular weight is 226 g/mol. The lowest BCUT2D eigenvalue weighted by atomic mass is 10.3. The van der Waals surface area contributed by atoms with Gasteiger partial charge in [-0.1, -0.05) is 12.2 Å². The lowest BCUT2D eigenvalue weighted by Crippen LogP contribution is -2.11. The molecule has 0 aliphatic carbocycles. The van der Waals surface area contributed by atoms with E-state index in [1.54, 1.807) is 12.2 Å². The summed E-state index contributed by atoms with van der Waals surface area (Å²) in [5.41, 5.74) is 0. The van der Waals surface area contributed by atoms with Crippen LogP contribution in [-0.4, -0.2) is 25.2 Å². The number of rotatable bonds is 9. The first-order chi connectivity index (χ1) is 7.70. The molecule has 90 valence electrons. The summed E-state index contributed by atoms with van der Waals surface area (Å²) in [4.78, 5) is 22.1. The molecule has 0 radical (unpaired) electrons. The van der Waals surface area contributed by atoms with Crippen LogP contribution in [0.1, 0.15) is 25.7 Å². The minimum Gasteiger partial charge on any atom is -0.465 e. The summed E-state index contributed by atoms with van der Waals surface area (Å²) in [7, 11) is 0. The minimum absolute atomic E-state index is 0.0596. The maximum Gasteiger partial charge on any atom is 0.306 e. The van der Waals surface area contributed by atoms with Crippen molar-refractivity contribution >= 4 is 11.9 Å². The summed E-state index contributed by atoms with van der Waals surface area (Å²) in [5, 5.41) is 0. The zero-order valence-electron chi connectivity index (χ0n) is 9.44.